The van der Waals surface area contributed by atoms with E-state index >= 15 is 0 Å². The highest BCUT2D eigenvalue weighted by atomic mass is 16.5. The standard InChI is InChI=1S/C24H38O4/c1-4-5-6-7-8-9-10-13-19-27-23(25)17-14-18-24(26)28-22-16-12-11-15-21(22)20(2)3/h11-12,15-16,20H,4-10,13-14,17-19H2,1-3H3. The maximum absolute atomic E-state index is 12.0. The average molecular weight is 391 g/mol. The molecule has 0 aliphatic carbocycles. The Morgan fingerprint density at radius 1 is 0.821 bits per heavy atom. The van der Waals surface area contributed by atoms with Gasteiger partial charge < -0.3 is 9.47 Å². The monoisotopic (exact) mass is 390 g/mol. The summed E-state index contributed by atoms with van der Waals surface area (Å²) in [5.74, 6) is 0.373. The molecule has 1 rings (SSSR count). The third-order valence-electron chi connectivity index (χ3n) is 4.79. The second-order valence-corrected chi connectivity index (χ2v) is 7.72. The van der Waals surface area contributed by atoms with E-state index in [2.05, 4.69) is 20.8 Å². The van der Waals surface area contributed by atoms with Crippen LogP contribution in [0, 0.1) is 0 Å². The normalized spacial score (nSPS) is 10.9. The van der Waals surface area contributed by atoms with Gasteiger partial charge in [0.1, 0.15) is 5.75 Å². The number of para-hydroxylation sites is 1. The van der Waals surface area contributed by atoms with Gasteiger partial charge in [-0.2, -0.15) is 0 Å². The van der Waals surface area contributed by atoms with Crippen LogP contribution in [0.2, 0.25) is 0 Å². The van der Waals surface area contributed by atoms with Crippen LogP contribution in [-0.2, 0) is 14.3 Å². The van der Waals surface area contributed by atoms with E-state index in [4.69, 9.17) is 9.47 Å². The summed E-state index contributed by atoms with van der Waals surface area (Å²) in [6.07, 6.45) is 10.7. The highest BCUT2D eigenvalue weighted by molar-refractivity contribution is 5.74. The van der Waals surface area contributed by atoms with Crippen LogP contribution < -0.4 is 4.74 Å². The lowest BCUT2D eigenvalue weighted by molar-refractivity contribution is -0.144. The van der Waals surface area contributed by atoms with Crippen molar-refractivity contribution in [2.45, 2.75) is 97.3 Å². The number of hydrogen-bond acceptors (Lipinski definition) is 4. The van der Waals surface area contributed by atoms with Gasteiger partial charge in [0, 0.05) is 12.8 Å². The number of rotatable bonds is 15. The van der Waals surface area contributed by atoms with Crippen LogP contribution in [0.15, 0.2) is 24.3 Å². The molecular formula is C24H38O4. The average Bonchev–Trinajstić information content (AvgIpc) is 2.67. The minimum absolute atomic E-state index is 0.222. The topological polar surface area (TPSA) is 52.6 Å². The van der Waals surface area contributed by atoms with E-state index in [1.54, 1.807) is 0 Å². The van der Waals surface area contributed by atoms with Crippen molar-refractivity contribution in [1.82, 2.24) is 0 Å². The largest absolute Gasteiger partial charge is 0.466 e. The van der Waals surface area contributed by atoms with Crippen molar-refractivity contribution < 1.29 is 19.1 Å². The summed E-state index contributed by atoms with van der Waals surface area (Å²) in [6.45, 7) is 6.84. The molecule has 0 saturated heterocycles. The third-order valence-corrected chi connectivity index (χ3v) is 4.79. The Kier molecular flexibility index (Phi) is 13.1. The summed E-state index contributed by atoms with van der Waals surface area (Å²) in [5.41, 5.74) is 1.01. The molecule has 0 amide bonds. The maximum Gasteiger partial charge on any atom is 0.311 e. The molecule has 158 valence electrons. The minimum Gasteiger partial charge on any atom is -0.466 e. The molecule has 0 N–H and O–H groups in total. The minimum atomic E-state index is -0.302. The summed E-state index contributed by atoms with van der Waals surface area (Å²) in [5, 5.41) is 0. The van der Waals surface area contributed by atoms with Crippen LogP contribution in [0.5, 0.6) is 5.75 Å². The van der Waals surface area contributed by atoms with Gasteiger partial charge >= 0.3 is 11.9 Å². The van der Waals surface area contributed by atoms with Gasteiger partial charge in [-0.3, -0.25) is 9.59 Å². The number of benzene rings is 1. The van der Waals surface area contributed by atoms with Crippen molar-refractivity contribution in [2.75, 3.05) is 6.61 Å². The summed E-state index contributed by atoms with van der Waals surface area (Å²) >= 11 is 0. The van der Waals surface area contributed by atoms with Crippen molar-refractivity contribution >= 4 is 11.9 Å². The second-order valence-electron chi connectivity index (χ2n) is 7.72. The molecule has 0 spiro atoms. The molecular weight excluding hydrogens is 352 g/mol. The van der Waals surface area contributed by atoms with E-state index in [1.807, 2.05) is 24.3 Å². The predicted molar refractivity (Wildman–Crippen MR) is 114 cm³/mol. The summed E-state index contributed by atoms with van der Waals surface area (Å²) < 4.78 is 10.7. The summed E-state index contributed by atoms with van der Waals surface area (Å²) in [4.78, 5) is 23.8. The first-order valence-electron chi connectivity index (χ1n) is 11.0. The smallest absolute Gasteiger partial charge is 0.311 e. The van der Waals surface area contributed by atoms with E-state index in [0.717, 1.165) is 18.4 Å². The number of carbonyl (C=O) groups is 2. The molecule has 4 heteroatoms. The van der Waals surface area contributed by atoms with E-state index in [0.29, 0.717) is 18.8 Å². The molecule has 0 unspecified atom stereocenters. The SMILES string of the molecule is CCCCCCCCCCOC(=O)CCCC(=O)Oc1ccccc1C(C)C. The highest BCUT2D eigenvalue weighted by Gasteiger charge is 2.12. The lowest BCUT2D eigenvalue weighted by Gasteiger charge is -2.12. The van der Waals surface area contributed by atoms with Crippen LogP contribution in [0.3, 0.4) is 0 Å². The van der Waals surface area contributed by atoms with Crippen LogP contribution in [0.25, 0.3) is 0 Å². The Morgan fingerprint density at radius 3 is 2.11 bits per heavy atom. The van der Waals surface area contributed by atoms with Gasteiger partial charge in [0.2, 0.25) is 0 Å². The Morgan fingerprint density at radius 2 is 1.43 bits per heavy atom. The first-order chi connectivity index (χ1) is 13.5. The van der Waals surface area contributed by atoms with Crippen molar-refractivity contribution in [3.63, 3.8) is 0 Å². The van der Waals surface area contributed by atoms with Gasteiger partial charge in [0.25, 0.3) is 0 Å². The molecule has 28 heavy (non-hydrogen) atoms. The predicted octanol–water partition coefficient (Wildman–Crippen LogP) is 6.57. The molecule has 0 aliphatic heterocycles. The molecule has 0 heterocycles. The van der Waals surface area contributed by atoms with Gasteiger partial charge in [-0.05, 0) is 30.4 Å². The van der Waals surface area contributed by atoms with Crippen molar-refractivity contribution in [3.8, 4) is 5.75 Å². The second kappa shape index (κ2) is 15.1. The lowest BCUT2D eigenvalue weighted by Crippen LogP contribution is -2.11. The molecule has 0 aromatic heterocycles. The Bertz CT molecular complexity index is 565. The molecule has 0 saturated carbocycles. The Labute approximate surface area is 171 Å². The van der Waals surface area contributed by atoms with Crippen LogP contribution in [0.4, 0.5) is 0 Å². The van der Waals surface area contributed by atoms with Gasteiger partial charge in [0.15, 0.2) is 0 Å². The van der Waals surface area contributed by atoms with E-state index < -0.39 is 0 Å². The number of ether oxygens (including phenoxy) is 2. The van der Waals surface area contributed by atoms with Crippen molar-refractivity contribution in [3.05, 3.63) is 29.8 Å². The van der Waals surface area contributed by atoms with E-state index in [9.17, 15) is 9.59 Å². The molecule has 1 aromatic rings. The first kappa shape index (κ1) is 24.2. The fourth-order valence-electron chi connectivity index (χ4n) is 3.10. The third kappa shape index (κ3) is 11.1. The number of hydrogen-bond donors (Lipinski definition) is 0. The fourth-order valence-corrected chi connectivity index (χ4v) is 3.10. The Balaban J connectivity index is 2.08. The fraction of sp³-hybridized carbons (Fsp3) is 0.667. The molecule has 0 bridgehead atoms. The first-order valence-corrected chi connectivity index (χ1v) is 11.0. The lowest BCUT2D eigenvalue weighted by atomic mass is 10.0. The van der Waals surface area contributed by atoms with Crippen LogP contribution >= 0.6 is 0 Å². The molecule has 0 fully saturated rings. The molecule has 0 radical (unpaired) electrons. The zero-order valence-electron chi connectivity index (χ0n) is 18.0. The molecule has 1 aromatic carbocycles. The van der Waals surface area contributed by atoms with Crippen LogP contribution in [-0.4, -0.2) is 18.5 Å². The van der Waals surface area contributed by atoms with Gasteiger partial charge in [0.05, 0.1) is 6.61 Å². The van der Waals surface area contributed by atoms with E-state index in [1.165, 1.54) is 38.5 Å². The van der Waals surface area contributed by atoms with Gasteiger partial charge in [-0.15, -0.1) is 0 Å². The number of esters is 2. The number of carbonyl (C=O) groups excluding carboxylic acids is 2. The van der Waals surface area contributed by atoms with Gasteiger partial charge in [-0.25, -0.2) is 0 Å². The summed E-state index contributed by atoms with van der Waals surface area (Å²) in [7, 11) is 0. The molecule has 4 nitrogen and oxygen atoms in total. The zero-order valence-corrected chi connectivity index (χ0v) is 18.0. The van der Waals surface area contributed by atoms with Crippen LogP contribution in [0.1, 0.15) is 103 Å². The van der Waals surface area contributed by atoms with Crippen molar-refractivity contribution in [2.24, 2.45) is 0 Å². The Hall–Kier alpha value is -1.84. The molecule has 0 atom stereocenters. The van der Waals surface area contributed by atoms with Gasteiger partial charge in [-0.1, -0.05) is 83.9 Å². The highest BCUT2D eigenvalue weighted by Crippen LogP contribution is 2.26. The zero-order chi connectivity index (χ0) is 20.6. The summed E-state index contributed by atoms with van der Waals surface area (Å²) in [6, 6.07) is 7.58. The maximum atomic E-state index is 12.0. The molecule has 0 aliphatic rings. The van der Waals surface area contributed by atoms with Crippen molar-refractivity contribution in [1.29, 1.82) is 0 Å². The van der Waals surface area contributed by atoms with E-state index in [-0.39, 0.29) is 30.7 Å². The number of unbranched alkanes of at least 4 members (excludes halogenated alkanes) is 7. The quantitative estimate of drug-likeness (QED) is 0.193.